The molecule has 0 aromatic carbocycles. The molecule has 0 amide bonds. The van der Waals surface area contributed by atoms with E-state index in [0.29, 0.717) is 6.04 Å². The molecule has 15 heavy (non-hydrogen) atoms. The molecule has 2 atom stereocenters. The fourth-order valence-corrected chi connectivity index (χ4v) is 2.24. The standard InChI is InChI=1S/C12H24N2O/c1-10(11-2-3-11)8-13-5-4-12-9-15-7-6-14-12/h10-14H,2-9H2,1H3. The molecule has 1 aliphatic carbocycles. The lowest BCUT2D eigenvalue weighted by atomic mass is 10.1. The monoisotopic (exact) mass is 212 g/mol. The molecule has 1 heterocycles. The normalized spacial score (nSPS) is 29.0. The van der Waals surface area contributed by atoms with Gasteiger partial charge in [0.25, 0.3) is 0 Å². The van der Waals surface area contributed by atoms with E-state index in [-0.39, 0.29) is 0 Å². The van der Waals surface area contributed by atoms with Gasteiger partial charge in [0.05, 0.1) is 13.2 Å². The number of morpholine rings is 1. The van der Waals surface area contributed by atoms with Gasteiger partial charge in [-0.3, -0.25) is 0 Å². The highest BCUT2D eigenvalue weighted by molar-refractivity contribution is 4.80. The lowest BCUT2D eigenvalue weighted by molar-refractivity contribution is 0.0742. The van der Waals surface area contributed by atoms with E-state index in [1.54, 1.807) is 0 Å². The third-order valence-electron chi connectivity index (χ3n) is 3.56. The smallest absolute Gasteiger partial charge is 0.0620 e. The Morgan fingerprint density at radius 3 is 3.00 bits per heavy atom. The number of hydrogen-bond acceptors (Lipinski definition) is 3. The van der Waals surface area contributed by atoms with E-state index in [9.17, 15) is 0 Å². The summed E-state index contributed by atoms with van der Waals surface area (Å²) in [6.07, 6.45) is 4.11. The van der Waals surface area contributed by atoms with E-state index in [4.69, 9.17) is 4.74 Å². The fraction of sp³-hybridized carbons (Fsp3) is 1.00. The van der Waals surface area contributed by atoms with Gasteiger partial charge < -0.3 is 15.4 Å². The predicted molar refractivity (Wildman–Crippen MR) is 62.0 cm³/mol. The summed E-state index contributed by atoms with van der Waals surface area (Å²) in [7, 11) is 0. The molecule has 0 aromatic heterocycles. The summed E-state index contributed by atoms with van der Waals surface area (Å²) >= 11 is 0. The van der Waals surface area contributed by atoms with Crippen LogP contribution in [-0.4, -0.2) is 38.9 Å². The van der Waals surface area contributed by atoms with E-state index in [1.165, 1.54) is 25.8 Å². The molecule has 3 heteroatoms. The molecule has 2 fully saturated rings. The van der Waals surface area contributed by atoms with Gasteiger partial charge in [-0.15, -0.1) is 0 Å². The first-order valence-electron chi connectivity index (χ1n) is 6.38. The molecule has 1 aliphatic heterocycles. The largest absolute Gasteiger partial charge is 0.379 e. The molecule has 0 bridgehead atoms. The Morgan fingerprint density at radius 1 is 1.47 bits per heavy atom. The maximum atomic E-state index is 5.42. The number of ether oxygens (including phenoxy) is 1. The molecule has 0 aromatic rings. The average Bonchev–Trinajstić information content (AvgIpc) is 3.09. The van der Waals surface area contributed by atoms with Crippen LogP contribution in [0.15, 0.2) is 0 Å². The van der Waals surface area contributed by atoms with Crippen LogP contribution in [0.25, 0.3) is 0 Å². The van der Waals surface area contributed by atoms with Crippen molar-refractivity contribution >= 4 is 0 Å². The Balaban J connectivity index is 1.46. The second-order valence-electron chi connectivity index (χ2n) is 5.03. The lowest BCUT2D eigenvalue weighted by Crippen LogP contribution is -2.43. The van der Waals surface area contributed by atoms with Crippen molar-refractivity contribution in [2.24, 2.45) is 11.8 Å². The van der Waals surface area contributed by atoms with E-state index in [1.807, 2.05) is 0 Å². The van der Waals surface area contributed by atoms with Crippen molar-refractivity contribution in [1.29, 1.82) is 0 Å². The molecule has 1 saturated heterocycles. The number of hydrogen-bond donors (Lipinski definition) is 2. The highest BCUT2D eigenvalue weighted by Crippen LogP contribution is 2.35. The lowest BCUT2D eigenvalue weighted by Gasteiger charge is -2.24. The zero-order chi connectivity index (χ0) is 10.5. The summed E-state index contributed by atoms with van der Waals surface area (Å²) in [6, 6.07) is 0.572. The summed E-state index contributed by atoms with van der Waals surface area (Å²) in [5.74, 6) is 1.90. The Kier molecular flexibility index (Phi) is 4.42. The first-order chi connectivity index (χ1) is 7.36. The third-order valence-corrected chi connectivity index (χ3v) is 3.56. The van der Waals surface area contributed by atoms with Crippen LogP contribution in [0.1, 0.15) is 26.2 Å². The van der Waals surface area contributed by atoms with Crippen molar-refractivity contribution in [2.45, 2.75) is 32.2 Å². The van der Waals surface area contributed by atoms with Crippen LogP contribution in [0, 0.1) is 11.8 Å². The highest BCUT2D eigenvalue weighted by atomic mass is 16.5. The van der Waals surface area contributed by atoms with Crippen LogP contribution in [0.5, 0.6) is 0 Å². The topological polar surface area (TPSA) is 33.3 Å². The summed E-state index contributed by atoms with van der Waals surface area (Å²) in [5.41, 5.74) is 0. The zero-order valence-electron chi connectivity index (χ0n) is 9.80. The minimum atomic E-state index is 0.572. The van der Waals surface area contributed by atoms with Gasteiger partial charge in [-0.1, -0.05) is 6.92 Å². The Morgan fingerprint density at radius 2 is 2.33 bits per heavy atom. The van der Waals surface area contributed by atoms with Gasteiger partial charge in [0.1, 0.15) is 0 Å². The molecule has 0 radical (unpaired) electrons. The van der Waals surface area contributed by atoms with Crippen molar-refractivity contribution in [3.05, 3.63) is 0 Å². The summed E-state index contributed by atoms with van der Waals surface area (Å²) in [4.78, 5) is 0. The van der Waals surface area contributed by atoms with Crippen LogP contribution in [0.4, 0.5) is 0 Å². The van der Waals surface area contributed by atoms with E-state index in [2.05, 4.69) is 17.6 Å². The number of rotatable bonds is 6. The second-order valence-corrected chi connectivity index (χ2v) is 5.03. The maximum absolute atomic E-state index is 5.42. The first-order valence-corrected chi connectivity index (χ1v) is 6.38. The fourth-order valence-electron chi connectivity index (χ4n) is 2.24. The van der Waals surface area contributed by atoms with Gasteiger partial charge in [0.15, 0.2) is 0 Å². The Hall–Kier alpha value is -0.120. The SMILES string of the molecule is CC(CNCCC1COCCN1)C1CC1. The summed E-state index contributed by atoms with van der Waals surface area (Å²) in [6.45, 7) is 7.47. The van der Waals surface area contributed by atoms with Crippen molar-refractivity contribution < 1.29 is 4.74 Å². The third kappa shape index (κ3) is 4.09. The van der Waals surface area contributed by atoms with Gasteiger partial charge in [-0.25, -0.2) is 0 Å². The van der Waals surface area contributed by atoms with Gasteiger partial charge in [-0.05, 0) is 44.2 Å². The van der Waals surface area contributed by atoms with Crippen LogP contribution < -0.4 is 10.6 Å². The van der Waals surface area contributed by atoms with Gasteiger partial charge >= 0.3 is 0 Å². The van der Waals surface area contributed by atoms with Crippen molar-refractivity contribution in [3.8, 4) is 0 Å². The maximum Gasteiger partial charge on any atom is 0.0620 e. The minimum absolute atomic E-state index is 0.572. The molecule has 2 unspecified atom stereocenters. The molecule has 0 spiro atoms. The van der Waals surface area contributed by atoms with Gasteiger partial charge in [0, 0.05) is 12.6 Å². The van der Waals surface area contributed by atoms with Crippen LogP contribution in [0.2, 0.25) is 0 Å². The number of nitrogens with one attached hydrogen (secondary N) is 2. The molecule has 2 aliphatic rings. The van der Waals surface area contributed by atoms with Gasteiger partial charge in [-0.2, -0.15) is 0 Å². The summed E-state index contributed by atoms with van der Waals surface area (Å²) in [5, 5.41) is 7.04. The Bertz CT molecular complexity index is 176. The van der Waals surface area contributed by atoms with Crippen molar-refractivity contribution in [1.82, 2.24) is 10.6 Å². The molecule has 3 nitrogen and oxygen atoms in total. The molecular formula is C12H24N2O. The average molecular weight is 212 g/mol. The van der Waals surface area contributed by atoms with Gasteiger partial charge in [0.2, 0.25) is 0 Å². The second kappa shape index (κ2) is 5.83. The van der Waals surface area contributed by atoms with E-state index < -0.39 is 0 Å². The molecular weight excluding hydrogens is 188 g/mol. The first kappa shape index (κ1) is 11.4. The predicted octanol–water partition coefficient (Wildman–Crippen LogP) is 1.00. The van der Waals surface area contributed by atoms with Crippen LogP contribution in [0.3, 0.4) is 0 Å². The van der Waals surface area contributed by atoms with E-state index in [0.717, 1.165) is 38.1 Å². The Labute approximate surface area is 93.0 Å². The zero-order valence-corrected chi connectivity index (χ0v) is 9.80. The molecule has 1 saturated carbocycles. The molecule has 2 N–H and O–H groups in total. The van der Waals surface area contributed by atoms with E-state index >= 15 is 0 Å². The summed E-state index contributed by atoms with van der Waals surface area (Å²) < 4.78 is 5.42. The molecule has 2 rings (SSSR count). The van der Waals surface area contributed by atoms with Crippen molar-refractivity contribution in [2.75, 3.05) is 32.8 Å². The molecule has 88 valence electrons. The quantitative estimate of drug-likeness (QED) is 0.645. The highest BCUT2D eigenvalue weighted by Gasteiger charge is 2.27. The van der Waals surface area contributed by atoms with Crippen LogP contribution >= 0.6 is 0 Å². The van der Waals surface area contributed by atoms with Crippen LogP contribution in [-0.2, 0) is 4.74 Å². The minimum Gasteiger partial charge on any atom is -0.379 e. The van der Waals surface area contributed by atoms with Crippen molar-refractivity contribution in [3.63, 3.8) is 0 Å².